The summed E-state index contributed by atoms with van der Waals surface area (Å²) in [5.41, 5.74) is 1.92. The first kappa shape index (κ1) is 10.6. The van der Waals surface area contributed by atoms with Gasteiger partial charge in [-0.25, -0.2) is 0 Å². The van der Waals surface area contributed by atoms with Crippen molar-refractivity contribution < 1.29 is 0 Å². The highest BCUT2D eigenvalue weighted by molar-refractivity contribution is 5.27. The molecule has 2 atom stereocenters. The molecule has 0 aromatic heterocycles. The van der Waals surface area contributed by atoms with Gasteiger partial charge in [0.05, 0.1) is 0 Å². The lowest BCUT2D eigenvalue weighted by atomic mass is 9.70. The summed E-state index contributed by atoms with van der Waals surface area (Å²) in [6.07, 6.45) is 10.9. The Labute approximate surface area is 82.7 Å². The first-order chi connectivity index (χ1) is 6.16. The number of rotatable bonds is 3. The Hall–Kier alpha value is -0.520. The molecule has 0 amide bonds. The summed E-state index contributed by atoms with van der Waals surface area (Å²) < 4.78 is 0. The maximum absolute atomic E-state index is 2.48. The zero-order chi connectivity index (χ0) is 9.90. The first-order valence-corrected chi connectivity index (χ1v) is 5.56. The molecule has 0 saturated heterocycles. The molecule has 0 saturated carbocycles. The molecule has 0 bridgehead atoms. The minimum absolute atomic E-state index is 0.410. The van der Waals surface area contributed by atoms with E-state index < -0.39 is 0 Å². The van der Waals surface area contributed by atoms with Crippen LogP contribution in [0.15, 0.2) is 23.8 Å². The van der Waals surface area contributed by atoms with Gasteiger partial charge in [-0.3, -0.25) is 0 Å². The molecule has 74 valence electrons. The normalized spacial score (nSPS) is 33.2. The molecule has 0 radical (unpaired) electrons. The van der Waals surface area contributed by atoms with Crippen molar-refractivity contribution in [3.8, 4) is 0 Å². The van der Waals surface area contributed by atoms with E-state index in [2.05, 4.69) is 45.9 Å². The third kappa shape index (κ3) is 2.04. The van der Waals surface area contributed by atoms with Gasteiger partial charge in [0.2, 0.25) is 0 Å². The van der Waals surface area contributed by atoms with Crippen molar-refractivity contribution in [3.05, 3.63) is 23.8 Å². The fourth-order valence-corrected chi connectivity index (χ4v) is 2.13. The SMILES string of the molecule is CCC1=CC(CC)C(C)(CC)C=C1. The van der Waals surface area contributed by atoms with E-state index in [0.717, 1.165) is 5.92 Å². The zero-order valence-corrected chi connectivity index (χ0v) is 9.43. The molecule has 0 heteroatoms. The summed E-state index contributed by atoms with van der Waals surface area (Å²) in [5.74, 6) is 0.748. The standard InChI is InChI=1S/C13H22/c1-5-11-8-9-13(4,7-3)12(6-2)10-11/h8-10,12H,5-7H2,1-4H3. The highest BCUT2D eigenvalue weighted by Gasteiger charge is 2.29. The number of hydrogen-bond donors (Lipinski definition) is 0. The number of hydrogen-bond acceptors (Lipinski definition) is 0. The molecule has 0 aromatic carbocycles. The Morgan fingerprint density at radius 1 is 1.31 bits per heavy atom. The molecule has 1 aliphatic rings. The lowest BCUT2D eigenvalue weighted by molar-refractivity contribution is 0.283. The molecule has 0 N–H and O–H groups in total. The third-order valence-corrected chi connectivity index (χ3v) is 3.55. The van der Waals surface area contributed by atoms with E-state index in [1.807, 2.05) is 0 Å². The second-order valence-electron chi connectivity index (χ2n) is 4.30. The fraction of sp³-hybridized carbons (Fsp3) is 0.692. The fourth-order valence-electron chi connectivity index (χ4n) is 2.13. The molecule has 1 aliphatic carbocycles. The van der Waals surface area contributed by atoms with Crippen LogP contribution in [0.25, 0.3) is 0 Å². The Balaban J connectivity index is 2.85. The van der Waals surface area contributed by atoms with Crippen LogP contribution in [0.1, 0.15) is 47.0 Å². The van der Waals surface area contributed by atoms with E-state index in [9.17, 15) is 0 Å². The van der Waals surface area contributed by atoms with E-state index in [1.54, 1.807) is 0 Å². The Kier molecular flexibility index (Phi) is 3.35. The number of allylic oxidation sites excluding steroid dienone is 4. The Morgan fingerprint density at radius 3 is 2.46 bits per heavy atom. The van der Waals surface area contributed by atoms with Crippen LogP contribution in [0, 0.1) is 11.3 Å². The van der Waals surface area contributed by atoms with E-state index in [1.165, 1.54) is 24.8 Å². The monoisotopic (exact) mass is 178 g/mol. The van der Waals surface area contributed by atoms with Crippen molar-refractivity contribution in [2.24, 2.45) is 11.3 Å². The van der Waals surface area contributed by atoms with Crippen LogP contribution >= 0.6 is 0 Å². The maximum atomic E-state index is 2.48. The second-order valence-corrected chi connectivity index (χ2v) is 4.30. The van der Waals surface area contributed by atoms with E-state index >= 15 is 0 Å². The lowest BCUT2D eigenvalue weighted by Gasteiger charge is -2.35. The van der Waals surface area contributed by atoms with Crippen LogP contribution in [0.3, 0.4) is 0 Å². The quantitative estimate of drug-likeness (QED) is 0.603. The molecule has 2 unspecified atom stereocenters. The predicted octanol–water partition coefficient (Wildman–Crippen LogP) is 4.34. The summed E-state index contributed by atoms with van der Waals surface area (Å²) in [7, 11) is 0. The average Bonchev–Trinajstić information content (AvgIpc) is 2.18. The third-order valence-electron chi connectivity index (χ3n) is 3.55. The van der Waals surface area contributed by atoms with Gasteiger partial charge in [-0.1, -0.05) is 51.5 Å². The topological polar surface area (TPSA) is 0 Å². The largest absolute Gasteiger partial charge is 0.0777 e. The summed E-state index contributed by atoms with van der Waals surface area (Å²) in [5, 5.41) is 0. The van der Waals surface area contributed by atoms with Gasteiger partial charge in [0, 0.05) is 0 Å². The van der Waals surface area contributed by atoms with E-state index in [-0.39, 0.29) is 0 Å². The summed E-state index contributed by atoms with van der Waals surface area (Å²) in [6.45, 7) is 9.19. The van der Waals surface area contributed by atoms with Crippen LogP contribution < -0.4 is 0 Å². The minimum Gasteiger partial charge on any atom is -0.0777 e. The molecule has 0 fully saturated rings. The zero-order valence-electron chi connectivity index (χ0n) is 9.43. The predicted molar refractivity (Wildman–Crippen MR) is 59.7 cm³/mol. The second kappa shape index (κ2) is 4.13. The minimum atomic E-state index is 0.410. The van der Waals surface area contributed by atoms with Gasteiger partial charge >= 0.3 is 0 Å². The summed E-state index contributed by atoms with van der Waals surface area (Å²) >= 11 is 0. The summed E-state index contributed by atoms with van der Waals surface area (Å²) in [6, 6.07) is 0. The molecular weight excluding hydrogens is 156 g/mol. The van der Waals surface area contributed by atoms with Crippen LogP contribution in [-0.2, 0) is 0 Å². The molecule has 0 spiro atoms. The molecule has 0 heterocycles. The van der Waals surface area contributed by atoms with E-state index in [4.69, 9.17) is 0 Å². The molecule has 13 heavy (non-hydrogen) atoms. The van der Waals surface area contributed by atoms with Gasteiger partial charge in [-0.05, 0) is 30.6 Å². The molecule has 0 aliphatic heterocycles. The molecule has 1 rings (SSSR count). The van der Waals surface area contributed by atoms with Crippen molar-refractivity contribution in [3.63, 3.8) is 0 Å². The molecule has 0 aromatic rings. The molecular formula is C13H22. The van der Waals surface area contributed by atoms with Gasteiger partial charge in [0.15, 0.2) is 0 Å². The van der Waals surface area contributed by atoms with Gasteiger partial charge in [-0.2, -0.15) is 0 Å². The highest BCUT2D eigenvalue weighted by atomic mass is 14.3. The molecule has 0 nitrogen and oxygen atoms in total. The van der Waals surface area contributed by atoms with Crippen molar-refractivity contribution >= 4 is 0 Å². The van der Waals surface area contributed by atoms with Crippen molar-refractivity contribution in [2.75, 3.05) is 0 Å². The smallest absolute Gasteiger partial charge is 0.00831 e. The average molecular weight is 178 g/mol. The highest BCUT2D eigenvalue weighted by Crippen LogP contribution is 2.40. The van der Waals surface area contributed by atoms with Crippen LogP contribution in [-0.4, -0.2) is 0 Å². The summed E-state index contributed by atoms with van der Waals surface area (Å²) in [4.78, 5) is 0. The van der Waals surface area contributed by atoms with Crippen LogP contribution in [0.2, 0.25) is 0 Å². The van der Waals surface area contributed by atoms with Crippen molar-refractivity contribution in [1.29, 1.82) is 0 Å². The Bertz CT molecular complexity index is 222. The van der Waals surface area contributed by atoms with Crippen LogP contribution in [0.4, 0.5) is 0 Å². The Morgan fingerprint density at radius 2 is 2.00 bits per heavy atom. The first-order valence-electron chi connectivity index (χ1n) is 5.56. The van der Waals surface area contributed by atoms with Crippen LogP contribution in [0.5, 0.6) is 0 Å². The van der Waals surface area contributed by atoms with Gasteiger partial charge in [0.1, 0.15) is 0 Å². The van der Waals surface area contributed by atoms with Gasteiger partial charge in [0.25, 0.3) is 0 Å². The van der Waals surface area contributed by atoms with Gasteiger partial charge in [-0.15, -0.1) is 0 Å². The van der Waals surface area contributed by atoms with Gasteiger partial charge < -0.3 is 0 Å². The van der Waals surface area contributed by atoms with Crippen molar-refractivity contribution in [2.45, 2.75) is 47.0 Å². The van der Waals surface area contributed by atoms with Crippen molar-refractivity contribution in [1.82, 2.24) is 0 Å². The maximum Gasteiger partial charge on any atom is -0.00831 e. The lowest BCUT2D eigenvalue weighted by Crippen LogP contribution is -2.25. The van der Waals surface area contributed by atoms with E-state index in [0.29, 0.717) is 5.41 Å².